The number of carbonyl (C=O) groups is 1. The highest BCUT2D eigenvalue weighted by Gasteiger charge is 2.39. The highest BCUT2D eigenvalue weighted by molar-refractivity contribution is 5.71. The van der Waals surface area contributed by atoms with Gasteiger partial charge in [0.1, 0.15) is 0 Å². The lowest BCUT2D eigenvalue weighted by molar-refractivity contribution is -0.145. The SMILES string of the molecule is CC1C(C(=O)O)CCCN1C1CC1. The molecule has 0 amide bonds. The number of aliphatic carboxylic acids is 1. The molecule has 3 heteroatoms. The van der Waals surface area contributed by atoms with Crippen LogP contribution in [0.3, 0.4) is 0 Å². The van der Waals surface area contributed by atoms with E-state index in [2.05, 4.69) is 11.8 Å². The van der Waals surface area contributed by atoms with Crippen molar-refractivity contribution in [3.05, 3.63) is 0 Å². The van der Waals surface area contributed by atoms with Gasteiger partial charge in [-0.25, -0.2) is 0 Å². The van der Waals surface area contributed by atoms with Gasteiger partial charge in [-0.3, -0.25) is 9.69 Å². The van der Waals surface area contributed by atoms with E-state index in [0.717, 1.165) is 19.4 Å². The van der Waals surface area contributed by atoms with E-state index >= 15 is 0 Å². The van der Waals surface area contributed by atoms with Crippen molar-refractivity contribution in [1.82, 2.24) is 4.90 Å². The van der Waals surface area contributed by atoms with Crippen LogP contribution in [0, 0.1) is 5.92 Å². The minimum atomic E-state index is -0.613. The Morgan fingerprint density at radius 1 is 1.38 bits per heavy atom. The van der Waals surface area contributed by atoms with Gasteiger partial charge >= 0.3 is 5.97 Å². The van der Waals surface area contributed by atoms with Gasteiger partial charge in [-0.15, -0.1) is 0 Å². The fourth-order valence-corrected chi connectivity index (χ4v) is 2.42. The fourth-order valence-electron chi connectivity index (χ4n) is 2.42. The van der Waals surface area contributed by atoms with E-state index in [9.17, 15) is 4.79 Å². The molecule has 13 heavy (non-hydrogen) atoms. The molecule has 1 saturated heterocycles. The van der Waals surface area contributed by atoms with E-state index in [-0.39, 0.29) is 12.0 Å². The molecule has 74 valence electrons. The summed E-state index contributed by atoms with van der Waals surface area (Å²) >= 11 is 0. The smallest absolute Gasteiger partial charge is 0.308 e. The van der Waals surface area contributed by atoms with Crippen LogP contribution < -0.4 is 0 Å². The van der Waals surface area contributed by atoms with Gasteiger partial charge in [0.15, 0.2) is 0 Å². The maximum absolute atomic E-state index is 10.9. The number of piperidine rings is 1. The molecule has 0 aromatic heterocycles. The minimum Gasteiger partial charge on any atom is -0.481 e. The third-order valence-electron chi connectivity index (χ3n) is 3.37. The number of hydrogen-bond acceptors (Lipinski definition) is 2. The molecule has 2 aliphatic rings. The molecule has 1 aliphatic heterocycles. The van der Waals surface area contributed by atoms with Crippen molar-refractivity contribution in [1.29, 1.82) is 0 Å². The predicted molar refractivity (Wildman–Crippen MR) is 49.5 cm³/mol. The zero-order valence-electron chi connectivity index (χ0n) is 8.07. The van der Waals surface area contributed by atoms with E-state index in [4.69, 9.17) is 5.11 Å². The van der Waals surface area contributed by atoms with Crippen LogP contribution in [-0.2, 0) is 4.79 Å². The zero-order valence-corrected chi connectivity index (χ0v) is 8.07. The Morgan fingerprint density at radius 3 is 2.62 bits per heavy atom. The van der Waals surface area contributed by atoms with E-state index < -0.39 is 5.97 Å². The lowest BCUT2D eigenvalue weighted by Crippen LogP contribution is -2.47. The molecule has 2 atom stereocenters. The Kier molecular flexibility index (Phi) is 2.28. The van der Waals surface area contributed by atoms with Gasteiger partial charge in [0, 0.05) is 12.1 Å². The standard InChI is InChI=1S/C10H17NO2/c1-7-9(10(12)13)3-2-6-11(7)8-4-5-8/h7-9H,2-6H2,1H3,(H,12,13). The van der Waals surface area contributed by atoms with Crippen LogP contribution in [0.25, 0.3) is 0 Å². The summed E-state index contributed by atoms with van der Waals surface area (Å²) in [6.45, 7) is 3.17. The van der Waals surface area contributed by atoms with Gasteiger partial charge in [-0.05, 0) is 39.2 Å². The third-order valence-corrected chi connectivity index (χ3v) is 3.37. The molecule has 1 N–H and O–H groups in total. The quantitative estimate of drug-likeness (QED) is 0.702. The summed E-state index contributed by atoms with van der Waals surface area (Å²) in [5, 5.41) is 9.00. The lowest BCUT2D eigenvalue weighted by Gasteiger charge is -2.37. The first-order chi connectivity index (χ1) is 6.20. The van der Waals surface area contributed by atoms with E-state index in [1.165, 1.54) is 12.8 Å². The third kappa shape index (κ3) is 1.70. The van der Waals surface area contributed by atoms with E-state index in [1.807, 2.05) is 0 Å². The number of carboxylic acids is 1. The highest BCUT2D eigenvalue weighted by atomic mass is 16.4. The monoisotopic (exact) mass is 183 g/mol. The zero-order chi connectivity index (χ0) is 9.42. The molecule has 1 aliphatic carbocycles. The van der Waals surface area contributed by atoms with Crippen molar-refractivity contribution < 1.29 is 9.90 Å². The minimum absolute atomic E-state index is 0.130. The van der Waals surface area contributed by atoms with Crippen molar-refractivity contribution >= 4 is 5.97 Å². The number of likely N-dealkylation sites (tertiary alicyclic amines) is 1. The molecule has 1 heterocycles. The average Bonchev–Trinajstić information content (AvgIpc) is 2.87. The van der Waals surface area contributed by atoms with Crippen LogP contribution in [-0.4, -0.2) is 34.6 Å². The topological polar surface area (TPSA) is 40.5 Å². The number of nitrogens with zero attached hydrogens (tertiary/aromatic N) is 1. The largest absolute Gasteiger partial charge is 0.481 e. The van der Waals surface area contributed by atoms with Gasteiger partial charge in [-0.1, -0.05) is 0 Å². The van der Waals surface area contributed by atoms with Crippen LogP contribution in [0.2, 0.25) is 0 Å². The summed E-state index contributed by atoms with van der Waals surface area (Å²) in [7, 11) is 0. The van der Waals surface area contributed by atoms with Gasteiger partial charge in [0.05, 0.1) is 5.92 Å². The number of rotatable bonds is 2. The Morgan fingerprint density at radius 2 is 2.08 bits per heavy atom. The van der Waals surface area contributed by atoms with E-state index in [0.29, 0.717) is 6.04 Å². The second-order valence-corrected chi connectivity index (χ2v) is 4.30. The highest BCUT2D eigenvalue weighted by Crippen LogP contribution is 2.34. The van der Waals surface area contributed by atoms with Gasteiger partial charge < -0.3 is 5.11 Å². The van der Waals surface area contributed by atoms with Gasteiger partial charge in [-0.2, -0.15) is 0 Å². The second-order valence-electron chi connectivity index (χ2n) is 4.30. The summed E-state index contributed by atoms with van der Waals surface area (Å²) in [4.78, 5) is 13.3. The maximum atomic E-state index is 10.9. The molecular formula is C10H17NO2. The van der Waals surface area contributed by atoms with Crippen molar-refractivity contribution in [2.75, 3.05) is 6.54 Å². The first-order valence-electron chi connectivity index (χ1n) is 5.18. The average molecular weight is 183 g/mol. The molecule has 0 spiro atoms. The van der Waals surface area contributed by atoms with Crippen LogP contribution in [0.5, 0.6) is 0 Å². The molecule has 0 aromatic rings. The summed E-state index contributed by atoms with van der Waals surface area (Å²) in [5.74, 6) is -0.743. The molecule has 2 rings (SSSR count). The van der Waals surface area contributed by atoms with Crippen molar-refractivity contribution in [2.24, 2.45) is 5.92 Å². The first-order valence-corrected chi connectivity index (χ1v) is 5.18. The maximum Gasteiger partial charge on any atom is 0.308 e. The lowest BCUT2D eigenvalue weighted by atomic mass is 9.90. The fraction of sp³-hybridized carbons (Fsp3) is 0.900. The summed E-state index contributed by atoms with van der Waals surface area (Å²) < 4.78 is 0. The van der Waals surface area contributed by atoms with Crippen LogP contribution in [0.15, 0.2) is 0 Å². The molecular weight excluding hydrogens is 166 g/mol. The number of carboxylic acid groups (broad SMARTS) is 1. The van der Waals surface area contributed by atoms with Crippen LogP contribution in [0.4, 0.5) is 0 Å². The Labute approximate surface area is 78.7 Å². The Balaban J connectivity index is 2.01. The molecule has 2 fully saturated rings. The molecule has 2 unspecified atom stereocenters. The van der Waals surface area contributed by atoms with E-state index in [1.54, 1.807) is 0 Å². The molecule has 1 saturated carbocycles. The van der Waals surface area contributed by atoms with Crippen molar-refractivity contribution in [2.45, 2.75) is 44.7 Å². The molecule has 0 aromatic carbocycles. The first kappa shape index (κ1) is 9.00. The van der Waals surface area contributed by atoms with Gasteiger partial charge in [0.25, 0.3) is 0 Å². The van der Waals surface area contributed by atoms with Crippen LogP contribution in [0.1, 0.15) is 32.6 Å². The normalized spacial score (nSPS) is 36.1. The Bertz CT molecular complexity index is 213. The van der Waals surface area contributed by atoms with Gasteiger partial charge in [0.2, 0.25) is 0 Å². The molecule has 0 radical (unpaired) electrons. The summed E-state index contributed by atoms with van der Waals surface area (Å²) in [6, 6.07) is 0.955. The number of hydrogen-bond donors (Lipinski definition) is 1. The Hall–Kier alpha value is -0.570. The second kappa shape index (κ2) is 3.29. The van der Waals surface area contributed by atoms with Crippen molar-refractivity contribution in [3.8, 4) is 0 Å². The molecule has 0 bridgehead atoms. The summed E-state index contributed by atoms with van der Waals surface area (Å²) in [6.07, 6.45) is 4.46. The predicted octanol–water partition coefficient (Wildman–Crippen LogP) is 1.33. The van der Waals surface area contributed by atoms with Crippen molar-refractivity contribution in [3.63, 3.8) is 0 Å². The summed E-state index contributed by atoms with van der Waals surface area (Å²) in [5.41, 5.74) is 0. The van der Waals surface area contributed by atoms with Crippen LogP contribution >= 0.6 is 0 Å². The molecule has 3 nitrogen and oxygen atoms in total.